The zero-order valence-corrected chi connectivity index (χ0v) is 13.0. The minimum atomic E-state index is -1.89. The highest BCUT2D eigenvalue weighted by molar-refractivity contribution is 6.67. The van der Waals surface area contributed by atoms with Crippen molar-refractivity contribution in [1.82, 2.24) is 15.0 Å². The summed E-state index contributed by atoms with van der Waals surface area (Å²) >= 11 is 33.9. The number of nitrogens with zero attached hydrogens (tertiary/aromatic N) is 3. The van der Waals surface area contributed by atoms with E-state index in [0.717, 1.165) is 0 Å². The predicted molar refractivity (Wildman–Crippen MR) is 73.9 cm³/mol. The van der Waals surface area contributed by atoms with Crippen molar-refractivity contribution >= 4 is 75.6 Å². The van der Waals surface area contributed by atoms with Crippen LogP contribution in [0.3, 0.4) is 0 Å². The molecule has 1 aromatic rings. The lowest BCUT2D eigenvalue weighted by Gasteiger charge is -2.15. The van der Waals surface area contributed by atoms with Crippen molar-refractivity contribution in [3.05, 3.63) is 11.6 Å². The Bertz CT molecular complexity index is 385. The van der Waals surface area contributed by atoms with Gasteiger partial charge < -0.3 is 10.4 Å². The molecule has 1 rings (SSSR count). The fourth-order valence-corrected chi connectivity index (χ4v) is 1.38. The summed E-state index contributed by atoms with van der Waals surface area (Å²) in [5.41, 5.74) is 0. The highest BCUT2D eigenvalue weighted by atomic mass is 35.6. The zero-order valence-electron chi connectivity index (χ0n) is 8.47. The van der Waals surface area contributed by atoms with Crippen molar-refractivity contribution in [2.75, 3.05) is 18.5 Å². The predicted octanol–water partition coefficient (Wildman–Crippen LogP) is 2.93. The first-order valence-electron chi connectivity index (χ1n) is 4.40. The standard InChI is InChI=1S/C7H6Cl6N4O/c8-6(9,10)3-15-4(7(11,12)13)17-5(16-3)14-1-2-18/h18H,1-2H2,(H,14,15,16,17). The lowest BCUT2D eigenvalue weighted by Crippen LogP contribution is -2.19. The van der Waals surface area contributed by atoms with Gasteiger partial charge in [-0.2, -0.15) is 9.97 Å². The first-order chi connectivity index (χ1) is 8.14. The van der Waals surface area contributed by atoms with Crippen LogP contribution in [0.1, 0.15) is 11.6 Å². The Labute approximate surface area is 133 Å². The lowest BCUT2D eigenvalue weighted by atomic mass is 10.6. The second kappa shape index (κ2) is 6.31. The molecule has 0 spiro atoms. The van der Waals surface area contributed by atoms with E-state index >= 15 is 0 Å². The second-order valence-corrected chi connectivity index (χ2v) is 7.51. The Morgan fingerprint density at radius 3 is 1.67 bits per heavy atom. The fourth-order valence-electron chi connectivity index (χ4n) is 0.876. The van der Waals surface area contributed by atoms with Gasteiger partial charge in [0.25, 0.3) is 0 Å². The number of aliphatic hydroxyl groups is 1. The number of rotatable bonds is 3. The Morgan fingerprint density at radius 2 is 1.33 bits per heavy atom. The molecule has 0 aliphatic carbocycles. The summed E-state index contributed by atoms with van der Waals surface area (Å²) in [4.78, 5) is 11.4. The highest BCUT2D eigenvalue weighted by Gasteiger charge is 2.33. The molecule has 5 nitrogen and oxygen atoms in total. The van der Waals surface area contributed by atoms with E-state index in [0.29, 0.717) is 0 Å². The van der Waals surface area contributed by atoms with Gasteiger partial charge in [-0.1, -0.05) is 69.6 Å². The maximum atomic E-state index is 8.70. The summed E-state index contributed by atoms with van der Waals surface area (Å²) in [6.45, 7) is 0.0422. The van der Waals surface area contributed by atoms with Crippen LogP contribution in [-0.2, 0) is 7.59 Å². The lowest BCUT2D eigenvalue weighted by molar-refractivity contribution is 0.310. The van der Waals surface area contributed by atoms with Gasteiger partial charge in [0.15, 0.2) is 11.6 Å². The minimum absolute atomic E-state index is 0.0294. The van der Waals surface area contributed by atoms with Crippen LogP contribution in [0.2, 0.25) is 0 Å². The maximum absolute atomic E-state index is 8.70. The number of aliphatic hydroxyl groups excluding tert-OH is 1. The van der Waals surface area contributed by atoms with E-state index in [1.54, 1.807) is 0 Å². The molecule has 18 heavy (non-hydrogen) atoms. The van der Waals surface area contributed by atoms with Gasteiger partial charge in [0, 0.05) is 6.54 Å². The van der Waals surface area contributed by atoms with Gasteiger partial charge in [-0.05, 0) is 0 Å². The molecule has 102 valence electrons. The molecule has 0 bridgehead atoms. The summed E-state index contributed by atoms with van der Waals surface area (Å²) in [5.74, 6) is -0.352. The van der Waals surface area contributed by atoms with E-state index in [1.165, 1.54) is 0 Å². The van der Waals surface area contributed by atoms with Crippen molar-refractivity contribution < 1.29 is 5.11 Å². The van der Waals surface area contributed by atoms with E-state index in [9.17, 15) is 0 Å². The molecule has 0 aliphatic heterocycles. The number of anilines is 1. The third-order valence-electron chi connectivity index (χ3n) is 1.54. The maximum Gasteiger partial charge on any atom is 0.250 e. The van der Waals surface area contributed by atoms with Gasteiger partial charge in [-0.25, -0.2) is 4.98 Å². The van der Waals surface area contributed by atoms with Crippen molar-refractivity contribution in [2.45, 2.75) is 7.59 Å². The SMILES string of the molecule is OCCNc1nc(C(Cl)(Cl)Cl)nc(C(Cl)(Cl)Cl)n1. The summed E-state index contributed by atoms with van der Waals surface area (Å²) in [7, 11) is 0. The van der Waals surface area contributed by atoms with Crippen molar-refractivity contribution in [3.63, 3.8) is 0 Å². The molecule has 0 aliphatic rings. The van der Waals surface area contributed by atoms with E-state index < -0.39 is 7.59 Å². The van der Waals surface area contributed by atoms with Crippen LogP contribution in [0.25, 0.3) is 0 Å². The Hall–Kier alpha value is 0.510. The van der Waals surface area contributed by atoms with Gasteiger partial charge in [0.2, 0.25) is 13.5 Å². The van der Waals surface area contributed by atoms with Crippen LogP contribution in [0.5, 0.6) is 0 Å². The average Bonchev–Trinajstić information content (AvgIpc) is 2.23. The third kappa shape index (κ3) is 4.89. The number of halogens is 6. The van der Waals surface area contributed by atoms with Crippen LogP contribution in [0.15, 0.2) is 0 Å². The smallest absolute Gasteiger partial charge is 0.250 e. The molecule has 0 fully saturated rings. The van der Waals surface area contributed by atoms with E-state index in [2.05, 4.69) is 20.3 Å². The highest BCUT2D eigenvalue weighted by Crippen LogP contribution is 2.40. The molecule has 0 saturated carbocycles. The van der Waals surface area contributed by atoms with Gasteiger partial charge in [0.05, 0.1) is 6.61 Å². The number of nitrogens with one attached hydrogen (secondary N) is 1. The molecule has 2 N–H and O–H groups in total. The molecular weight excluding hydrogens is 369 g/mol. The van der Waals surface area contributed by atoms with Crippen LogP contribution < -0.4 is 5.32 Å². The van der Waals surface area contributed by atoms with Crippen molar-refractivity contribution in [1.29, 1.82) is 0 Å². The fraction of sp³-hybridized carbons (Fsp3) is 0.571. The normalized spacial score (nSPS) is 12.6. The van der Waals surface area contributed by atoms with Crippen LogP contribution >= 0.6 is 69.6 Å². The molecule has 11 heteroatoms. The largest absolute Gasteiger partial charge is 0.395 e. The van der Waals surface area contributed by atoms with Crippen LogP contribution in [0.4, 0.5) is 5.95 Å². The number of hydrogen-bond acceptors (Lipinski definition) is 5. The molecule has 0 aromatic carbocycles. The molecule has 0 radical (unpaired) electrons. The van der Waals surface area contributed by atoms with Crippen molar-refractivity contribution in [3.8, 4) is 0 Å². The molecule has 0 unspecified atom stereocenters. The molecular formula is C7H6Cl6N4O. The molecule has 0 saturated heterocycles. The number of alkyl halides is 6. The monoisotopic (exact) mass is 372 g/mol. The molecule has 0 atom stereocenters. The van der Waals surface area contributed by atoms with Crippen LogP contribution in [-0.4, -0.2) is 33.2 Å². The third-order valence-corrected chi connectivity index (χ3v) is 2.55. The molecule has 1 aromatic heterocycles. The summed E-state index contributed by atoms with van der Waals surface area (Å²) < 4.78 is -3.77. The van der Waals surface area contributed by atoms with E-state index in [4.69, 9.17) is 74.7 Å². The minimum Gasteiger partial charge on any atom is -0.395 e. The summed E-state index contributed by atoms with van der Waals surface area (Å²) in [5, 5.41) is 11.4. The van der Waals surface area contributed by atoms with Crippen molar-refractivity contribution in [2.24, 2.45) is 0 Å². The molecule has 1 heterocycles. The van der Waals surface area contributed by atoms with Gasteiger partial charge in [0.1, 0.15) is 0 Å². The summed E-state index contributed by atoms with van der Waals surface area (Å²) in [6, 6.07) is 0. The average molecular weight is 375 g/mol. The Morgan fingerprint density at radius 1 is 0.889 bits per heavy atom. The van der Waals surface area contributed by atoms with Gasteiger partial charge in [-0.15, -0.1) is 0 Å². The molecule has 0 amide bonds. The summed E-state index contributed by atoms with van der Waals surface area (Å²) in [6.07, 6.45) is 0. The number of aromatic nitrogens is 3. The van der Waals surface area contributed by atoms with Gasteiger partial charge >= 0.3 is 0 Å². The quantitative estimate of drug-likeness (QED) is 0.796. The first kappa shape index (κ1) is 16.6. The topological polar surface area (TPSA) is 70.9 Å². The van der Waals surface area contributed by atoms with Gasteiger partial charge in [-0.3, -0.25) is 0 Å². The first-order valence-corrected chi connectivity index (χ1v) is 6.66. The Kier molecular flexibility index (Phi) is 5.80. The second-order valence-electron chi connectivity index (χ2n) is 2.95. The zero-order chi connectivity index (χ0) is 14.0. The van der Waals surface area contributed by atoms with E-state index in [1.807, 2.05) is 0 Å². The number of hydrogen-bond donors (Lipinski definition) is 2. The Balaban J connectivity index is 3.21. The van der Waals surface area contributed by atoms with E-state index in [-0.39, 0.29) is 30.7 Å². The van der Waals surface area contributed by atoms with Crippen LogP contribution in [0, 0.1) is 0 Å².